The van der Waals surface area contributed by atoms with E-state index in [4.69, 9.17) is 9.47 Å². The van der Waals surface area contributed by atoms with Crippen molar-refractivity contribution in [3.63, 3.8) is 0 Å². The Bertz CT molecular complexity index is 656. The number of hydrogen-bond acceptors (Lipinski definition) is 4. The molecule has 0 aliphatic carbocycles. The Kier molecular flexibility index (Phi) is 4.48. The normalized spacial score (nSPS) is 16.1. The highest BCUT2D eigenvalue weighted by Crippen LogP contribution is 2.30. The predicted molar refractivity (Wildman–Crippen MR) is 85.6 cm³/mol. The fourth-order valence-corrected chi connectivity index (χ4v) is 3.02. The number of aryl methyl sites for hydroxylation is 1. The van der Waals surface area contributed by atoms with Crippen LogP contribution in [0.4, 0.5) is 4.79 Å². The number of rotatable bonds is 4. The highest BCUT2D eigenvalue weighted by molar-refractivity contribution is 7.10. The van der Waals surface area contributed by atoms with Crippen LogP contribution in [-0.2, 0) is 6.54 Å². The van der Waals surface area contributed by atoms with Crippen LogP contribution in [0.3, 0.4) is 0 Å². The van der Waals surface area contributed by atoms with Crippen molar-refractivity contribution in [1.29, 1.82) is 0 Å². The number of amides is 2. The molecule has 22 heavy (non-hydrogen) atoms. The smallest absolute Gasteiger partial charge is 0.315 e. The first-order valence-electron chi connectivity index (χ1n) is 7.15. The van der Waals surface area contributed by atoms with Crippen LogP contribution >= 0.6 is 11.3 Å². The van der Waals surface area contributed by atoms with Crippen LogP contribution in [0.15, 0.2) is 35.7 Å². The van der Waals surface area contributed by atoms with Crippen LogP contribution in [0, 0.1) is 6.92 Å². The van der Waals surface area contributed by atoms with E-state index in [-0.39, 0.29) is 12.1 Å². The van der Waals surface area contributed by atoms with E-state index in [1.54, 1.807) is 11.3 Å². The summed E-state index contributed by atoms with van der Waals surface area (Å²) in [4.78, 5) is 13.0. The second-order valence-corrected chi connectivity index (χ2v) is 6.09. The Balaban J connectivity index is 1.43. The van der Waals surface area contributed by atoms with Gasteiger partial charge in [0.25, 0.3) is 0 Å². The average molecular weight is 318 g/mol. The molecule has 1 aromatic heterocycles. The van der Waals surface area contributed by atoms with Crippen molar-refractivity contribution < 1.29 is 14.3 Å². The standard InChI is InChI=1S/C16H18N2O3S/c1-11-6-7-22-15(11)9-18-16(19)17-8-12-10-20-13-4-2-3-5-14(13)21-12/h2-7,12H,8-10H2,1H3,(H2,17,18,19). The number of carbonyl (C=O) groups is 1. The maximum atomic E-state index is 11.8. The molecule has 1 atom stereocenters. The van der Waals surface area contributed by atoms with Crippen molar-refractivity contribution in [2.24, 2.45) is 0 Å². The second-order valence-electron chi connectivity index (χ2n) is 5.09. The molecule has 1 aromatic carbocycles. The molecule has 0 fully saturated rings. The predicted octanol–water partition coefficient (Wildman–Crippen LogP) is 2.70. The zero-order valence-corrected chi connectivity index (χ0v) is 13.1. The van der Waals surface area contributed by atoms with Gasteiger partial charge < -0.3 is 20.1 Å². The van der Waals surface area contributed by atoms with Gasteiger partial charge in [0, 0.05) is 4.88 Å². The molecule has 116 valence electrons. The van der Waals surface area contributed by atoms with E-state index in [1.807, 2.05) is 42.6 Å². The molecule has 2 heterocycles. The first-order valence-corrected chi connectivity index (χ1v) is 8.03. The lowest BCUT2D eigenvalue weighted by atomic mass is 10.2. The molecule has 2 N–H and O–H groups in total. The molecule has 2 aromatic rings. The molecule has 2 amide bonds. The van der Waals surface area contributed by atoms with Crippen LogP contribution in [0.5, 0.6) is 11.5 Å². The van der Waals surface area contributed by atoms with Gasteiger partial charge in [0.2, 0.25) is 0 Å². The topological polar surface area (TPSA) is 59.6 Å². The highest BCUT2D eigenvalue weighted by atomic mass is 32.1. The number of thiophene rings is 1. The van der Waals surface area contributed by atoms with E-state index in [2.05, 4.69) is 10.6 Å². The van der Waals surface area contributed by atoms with Gasteiger partial charge in [-0.1, -0.05) is 12.1 Å². The van der Waals surface area contributed by atoms with E-state index in [9.17, 15) is 4.79 Å². The Morgan fingerprint density at radius 2 is 2.09 bits per heavy atom. The number of ether oxygens (including phenoxy) is 2. The molecule has 0 radical (unpaired) electrons. The zero-order chi connectivity index (χ0) is 15.4. The minimum atomic E-state index is -0.199. The van der Waals surface area contributed by atoms with Gasteiger partial charge in [-0.25, -0.2) is 4.79 Å². The van der Waals surface area contributed by atoms with E-state index in [0.29, 0.717) is 19.7 Å². The molecule has 0 saturated carbocycles. The number of para-hydroxylation sites is 2. The van der Waals surface area contributed by atoms with Gasteiger partial charge in [0.1, 0.15) is 6.61 Å². The van der Waals surface area contributed by atoms with Crippen molar-refractivity contribution in [2.75, 3.05) is 13.2 Å². The van der Waals surface area contributed by atoms with Crippen molar-refractivity contribution in [3.05, 3.63) is 46.2 Å². The minimum Gasteiger partial charge on any atom is -0.486 e. The molecule has 1 unspecified atom stereocenters. The molecule has 1 aliphatic heterocycles. The van der Waals surface area contributed by atoms with Crippen LogP contribution in [0.1, 0.15) is 10.4 Å². The van der Waals surface area contributed by atoms with Gasteiger partial charge in [0.15, 0.2) is 17.6 Å². The van der Waals surface area contributed by atoms with Crippen molar-refractivity contribution in [3.8, 4) is 11.5 Å². The van der Waals surface area contributed by atoms with Crippen molar-refractivity contribution in [1.82, 2.24) is 10.6 Å². The zero-order valence-electron chi connectivity index (χ0n) is 12.3. The summed E-state index contributed by atoms with van der Waals surface area (Å²) in [7, 11) is 0. The highest BCUT2D eigenvalue weighted by Gasteiger charge is 2.20. The lowest BCUT2D eigenvalue weighted by molar-refractivity contribution is 0.0918. The second kappa shape index (κ2) is 6.70. The number of nitrogens with one attached hydrogen (secondary N) is 2. The SMILES string of the molecule is Cc1ccsc1CNC(=O)NCC1COc2ccccc2O1. The fourth-order valence-electron chi connectivity index (χ4n) is 2.18. The van der Waals surface area contributed by atoms with Gasteiger partial charge in [-0.2, -0.15) is 0 Å². The minimum absolute atomic E-state index is 0.177. The summed E-state index contributed by atoms with van der Waals surface area (Å²) in [5, 5.41) is 7.69. The van der Waals surface area contributed by atoms with E-state index in [0.717, 1.165) is 11.5 Å². The van der Waals surface area contributed by atoms with Gasteiger partial charge >= 0.3 is 6.03 Å². The average Bonchev–Trinajstić information content (AvgIpc) is 2.96. The van der Waals surface area contributed by atoms with E-state index < -0.39 is 0 Å². The van der Waals surface area contributed by atoms with Crippen LogP contribution < -0.4 is 20.1 Å². The fraction of sp³-hybridized carbons (Fsp3) is 0.312. The van der Waals surface area contributed by atoms with Crippen molar-refractivity contribution in [2.45, 2.75) is 19.6 Å². The molecule has 0 bridgehead atoms. The monoisotopic (exact) mass is 318 g/mol. The maximum absolute atomic E-state index is 11.8. The third kappa shape index (κ3) is 3.51. The summed E-state index contributed by atoms with van der Waals surface area (Å²) < 4.78 is 11.4. The van der Waals surface area contributed by atoms with Gasteiger partial charge in [-0.15, -0.1) is 11.3 Å². The number of urea groups is 1. The lowest BCUT2D eigenvalue weighted by Gasteiger charge is -2.26. The van der Waals surface area contributed by atoms with E-state index in [1.165, 1.54) is 10.4 Å². The molecule has 0 saturated heterocycles. The summed E-state index contributed by atoms with van der Waals surface area (Å²) in [6, 6.07) is 9.38. The quantitative estimate of drug-likeness (QED) is 0.911. The number of carbonyl (C=O) groups excluding carboxylic acids is 1. The van der Waals surface area contributed by atoms with Gasteiger partial charge in [-0.3, -0.25) is 0 Å². The molecule has 6 heteroatoms. The number of fused-ring (bicyclic) bond motifs is 1. The Morgan fingerprint density at radius 1 is 1.27 bits per heavy atom. The van der Waals surface area contributed by atoms with Gasteiger partial charge in [0.05, 0.1) is 13.1 Å². The number of benzene rings is 1. The summed E-state index contributed by atoms with van der Waals surface area (Å²) in [5.74, 6) is 1.46. The largest absolute Gasteiger partial charge is 0.486 e. The first-order chi connectivity index (χ1) is 10.7. The lowest BCUT2D eigenvalue weighted by Crippen LogP contribution is -2.44. The van der Waals surface area contributed by atoms with Gasteiger partial charge in [-0.05, 0) is 36.1 Å². The Morgan fingerprint density at radius 3 is 2.86 bits per heavy atom. The Hall–Kier alpha value is -2.21. The summed E-state index contributed by atoms with van der Waals surface area (Å²) in [5.41, 5.74) is 1.20. The maximum Gasteiger partial charge on any atom is 0.315 e. The summed E-state index contributed by atoms with van der Waals surface area (Å²) in [6.45, 7) is 3.42. The van der Waals surface area contributed by atoms with Crippen molar-refractivity contribution >= 4 is 17.4 Å². The molecular weight excluding hydrogens is 300 g/mol. The molecule has 3 rings (SSSR count). The van der Waals surface area contributed by atoms with Crippen LogP contribution in [0.2, 0.25) is 0 Å². The number of hydrogen-bond donors (Lipinski definition) is 2. The van der Waals surface area contributed by atoms with E-state index >= 15 is 0 Å². The third-order valence-electron chi connectivity index (χ3n) is 3.44. The summed E-state index contributed by atoms with van der Waals surface area (Å²) >= 11 is 1.64. The van der Waals surface area contributed by atoms with Crippen LogP contribution in [0.25, 0.3) is 0 Å². The molecule has 1 aliphatic rings. The molecule has 5 nitrogen and oxygen atoms in total. The summed E-state index contributed by atoms with van der Waals surface area (Å²) in [6.07, 6.45) is -0.177. The molecule has 0 spiro atoms. The Labute approximate surface area is 133 Å². The van der Waals surface area contributed by atoms with Crippen LogP contribution in [-0.4, -0.2) is 25.3 Å². The molecular formula is C16H18N2O3S. The third-order valence-corrected chi connectivity index (χ3v) is 4.46. The first kappa shape index (κ1) is 14.7.